The maximum absolute atomic E-state index is 11.9. The predicted molar refractivity (Wildman–Crippen MR) is 101 cm³/mol. The molecular weight excluding hydrogens is 298 g/mol. The van der Waals surface area contributed by atoms with Gasteiger partial charge < -0.3 is 10.8 Å². The van der Waals surface area contributed by atoms with Crippen molar-refractivity contribution in [2.75, 3.05) is 0 Å². The number of nitrogens with two attached hydrogens (primary N) is 1. The number of amides is 1. The van der Waals surface area contributed by atoms with Crippen LogP contribution in [0.25, 0.3) is 0 Å². The molecule has 3 heteroatoms. The molecule has 1 rings (SSSR count). The van der Waals surface area contributed by atoms with Crippen LogP contribution in [0.2, 0.25) is 0 Å². The Kier molecular flexibility index (Phi) is 6.49. The standard InChI is InChI=1S/C21H35NO2/c1-14(20(2,3)4)8-10-16(19(22)24)12-15-9-11-18(23)17(13-15)21(5,6)7/h9,11,13-14,16,23H,8,10,12H2,1-7H3,(H2,22,24). The van der Waals surface area contributed by atoms with Gasteiger partial charge in [0.1, 0.15) is 5.75 Å². The number of hydrogen-bond donors (Lipinski definition) is 2. The summed E-state index contributed by atoms with van der Waals surface area (Å²) in [5.74, 6) is 0.446. The Hall–Kier alpha value is -1.51. The van der Waals surface area contributed by atoms with E-state index in [0.717, 1.165) is 24.0 Å². The molecule has 0 aliphatic rings. The van der Waals surface area contributed by atoms with E-state index in [9.17, 15) is 9.90 Å². The summed E-state index contributed by atoms with van der Waals surface area (Å²) >= 11 is 0. The normalized spacial score (nSPS) is 15.1. The average molecular weight is 334 g/mol. The lowest BCUT2D eigenvalue weighted by atomic mass is 9.77. The Morgan fingerprint density at radius 3 is 2.17 bits per heavy atom. The zero-order valence-electron chi connectivity index (χ0n) is 16.4. The minimum atomic E-state index is -0.235. The van der Waals surface area contributed by atoms with Gasteiger partial charge in [0, 0.05) is 5.92 Å². The van der Waals surface area contributed by atoms with Gasteiger partial charge in [0.25, 0.3) is 0 Å². The van der Waals surface area contributed by atoms with E-state index >= 15 is 0 Å². The van der Waals surface area contributed by atoms with Gasteiger partial charge in [-0.1, -0.05) is 60.6 Å². The Bertz CT molecular complexity index is 564. The molecule has 0 aromatic heterocycles. The van der Waals surface area contributed by atoms with Gasteiger partial charge in [0.15, 0.2) is 0 Å². The summed E-state index contributed by atoms with van der Waals surface area (Å²) in [5.41, 5.74) is 7.71. The second kappa shape index (κ2) is 7.58. The number of primary amides is 1. The van der Waals surface area contributed by atoms with E-state index in [0.29, 0.717) is 18.1 Å². The molecule has 0 saturated heterocycles. The lowest BCUT2D eigenvalue weighted by Gasteiger charge is -2.28. The first-order valence-corrected chi connectivity index (χ1v) is 8.94. The maximum atomic E-state index is 11.9. The van der Waals surface area contributed by atoms with Crippen LogP contribution in [-0.4, -0.2) is 11.0 Å². The molecule has 0 heterocycles. The van der Waals surface area contributed by atoms with Gasteiger partial charge in [-0.25, -0.2) is 0 Å². The molecule has 1 aromatic rings. The summed E-state index contributed by atoms with van der Waals surface area (Å²) in [6.45, 7) is 15.1. The molecule has 0 fully saturated rings. The number of aromatic hydroxyl groups is 1. The molecule has 3 N–H and O–H groups in total. The van der Waals surface area contributed by atoms with E-state index in [-0.39, 0.29) is 22.7 Å². The summed E-state index contributed by atoms with van der Waals surface area (Å²) in [5, 5.41) is 10.1. The third kappa shape index (κ3) is 5.85. The van der Waals surface area contributed by atoms with E-state index in [1.54, 1.807) is 6.07 Å². The number of hydrogen-bond acceptors (Lipinski definition) is 2. The second-order valence-electron chi connectivity index (χ2n) is 9.25. The molecule has 2 atom stereocenters. The molecule has 2 unspecified atom stereocenters. The van der Waals surface area contributed by atoms with Crippen LogP contribution in [0.15, 0.2) is 18.2 Å². The zero-order valence-corrected chi connectivity index (χ0v) is 16.4. The lowest BCUT2D eigenvalue weighted by Crippen LogP contribution is -2.27. The molecule has 1 aromatic carbocycles. The minimum absolute atomic E-state index is 0.136. The van der Waals surface area contributed by atoms with E-state index in [1.165, 1.54) is 0 Å². The van der Waals surface area contributed by atoms with Crippen LogP contribution in [0.5, 0.6) is 5.75 Å². The summed E-state index contributed by atoms with van der Waals surface area (Å²) in [4.78, 5) is 11.9. The first-order chi connectivity index (χ1) is 10.8. The molecule has 0 radical (unpaired) electrons. The molecule has 0 aliphatic heterocycles. The van der Waals surface area contributed by atoms with Crippen molar-refractivity contribution in [3.63, 3.8) is 0 Å². The van der Waals surface area contributed by atoms with Gasteiger partial charge in [-0.05, 0) is 53.2 Å². The van der Waals surface area contributed by atoms with Gasteiger partial charge in [0.2, 0.25) is 5.91 Å². The van der Waals surface area contributed by atoms with Crippen LogP contribution in [-0.2, 0) is 16.6 Å². The van der Waals surface area contributed by atoms with Crippen molar-refractivity contribution in [2.45, 2.75) is 73.1 Å². The molecule has 0 aliphatic carbocycles. The first kappa shape index (κ1) is 20.5. The first-order valence-electron chi connectivity index (χ1n) is 8.94. The summed E-state index contributed by atoms with van der Waals surface area (Å²) in [6, 6.07) is 5.64. The van der Waals surface area contributed by atoms with E-state index in [2.05, 4.69) is 48.5 Å². The quantitative estimate of drug-likeness (QED) is 0.785. The van der Waals surface area contributed by atoms with Gasteiger partial charge in [-0.15, -0.1) is 0 Å². The number of phenolic OH excluding ortho intramolecular Hbond substituents is 1. The molecule has 24 heavy (non-hydrogen) atoms. The number of carbonyl (C=O) groups is 1. The van der Waals surface area contributed by atoms with E-state index in [4.69, 9.17) is 5.73 Å². The van der Waals surface area contributed by atoms with E-state index in [1.807, 2.05) is 12.1 Å². The molecular formula is C21H35NO2. The van der Waals surface area contributed by atoms with Crippen LogP contribution in [0, 0.1) is 17.3 Å². The lowest BCUT2D eigenvalue weighted by molar-refractivity contribution is -0.122. The molecule has 3 nitrogen and oxygen atoms in total. The number of rotatable bonds is 6. The van der Waals surface area contributed by atoms with Gasteiger partial charge in [0.05, 0.1) is 0 Å². The van der Waals surface area contributed by atoms with Crippen molar-refractivity contribution in [2.24, 2.45) is 23.0 Å². The monoisotopic (exact) mass is 333 g/mol. The van der Waals surface area contributed by atoms with Crippen molar-refractivity contribution in [3.8, 4) is 5.75 Å². The van der Waals surface area contributed by atoms with Gasteiger partial charge >= 0.3 is 0 Å². The Morgan fingerprint density at radius 1 is 1.12 bits per heavy atom. The maximum Gasteiger partial charge on any atom is 0.220 e. The topological polar surface area (TPSA) is 63.3 Å². The SMILES string of the molecule is CC(CCC(Cc1ccc(O)c(C(C)(C)C)c1)C(N)=O)C(C)(C)C. The zero-order chi connectivity index (χ0) is 18.7. The van der Waals surface area contributed by atoms with Crippen LogP contribution in [0.1, 0.15) is 72.4 Å². The van der Waals surface area contributed by atoms with Crippen molar-refractivity contribution < 1.29 is 9.90 Å². The van der Waals surface area contributed by atoms with Crippen LogP contribution < -0.4 is 5.73 Å². The Labute approximate surface area is 147 Å². The molecule has 0 saturated carbocycles. The molecule has 136 valence electrons. The fourth-order valence-electron chi connectivity index (χ4n) is 2.82. The van der Waals surface area contributed by atoms with Crippen molar-refractivity contribution in [1.29, 1.82) is 0 Å². The van der Waals surface area contributed by atoms with Crippen molar-refractivity contribution >= 4 is 5.91 Å². The van der Waals surface area contributed by atoms with Crippen LogP contribution >= 0.6 is 0 Å². The van der Waals surface area contributed by atoms with Crippen molar-refractivity contribution in [3.05, 3.63) is 29.3 Å². The summed E-state index contributed by atoms with van der Waals surface area (Å²) in [7, 11) is 0. The van der Waals surface area contributed by atoms with Crippen LogP contribution in [0.3, 0.4) is 0 Å². The number of phenols is 1. The summed E-state index contributed by atoms with van der Waals surface area (Å²) in [6.07, 6.45) is 2.43. The predicted octanol–water partition coefficient (Wildman–Crippen LogP) is 4.80. The highest BCUT2D eigenvalue weighted by atomic mass is 16.3. The largest absolute Gasteiger partial charge is 0.508 e. The van der Waals surface area contributed by atoms with Crippen molar-refractivity contribution in [1.82, 2.24) is 0 Å². The Balaban J connectivity index is 2.88. The highest BCUT2D eigenvalue weighted by molar-refractivity contribution is 5.77. The summed E-state index contributed by atoms with van der Waals surface area (Å²) < 4.78 is 0. The van der Waals surface area contributed by atoms with Gasteiger partial charge in [-0.2, -0.15) is 0 Å². The molecule has 0 bridgehead atoms. The van der Waals surface area contributed by atoms with E-state index < -0.39 is 0 Å². The van der Waals surface area contributed by atoms with Crippen LogP contribution in [0.4, 0.5) is 0 Å². The molecule has 0 spiro atoms. The van der Waals surface area contributed by atoms with Gasteiger partial charge in [-0.3, -0.25) is 4.79 Å². The number of benzene rings is 1. The minimum Gasteiger partial charge on any atom is -0.508 e. The smallest absolute Gasteiger partial charge is 0.220 e. The highest BCUT2D eigenvalue weighted by Gasteiger charge is 2.24. The highest BCUT2D eigenvalue weighted by Crippen LogP contribution is 2.33. The molecule has 1 amide bonds. The fraction of sp³-hybridized carbons (Fsp3) is 0.667. The average Bonchev–Trinajstić information content (AvgIpc) is 2.42. The second-order valence-corrected chi connectivity index (χ2v) is 9.25. The Morgan fingerprint density at radius 2 is 1.71 bits per heavy atom. The fourth-order valence-corrected chi connectivity index (χ4v) is 2.82. The third-order valence-electron chi connectivity index (χ3n) is 5.18. The number of carbonyl (C=O) groups excluding carboxylic acids is 1. The third-order valence-corrected chi connectivity index (χ3v) is 5.18.